The van der Waals surface area contributed by atoms with E-state index in [2.05, 4.69) is 20.7 Å². The molecule has 122 valence electrons. The first-order valence-corrected chi connectivity index (χ1v) is 9.01. The van der Waals surface area contributed by atoms with Gasteiger partial charge in [0.15, 0.2) is 5.82 Å². The zero-order chi connectivity index (χ0) is 16.8. The number of halogens is 3. The van der Waals surface area contributed by atoms with Gasteiger partial charge in [-0.1, -0.05) is 0 Å². The van der Waals surface area contributed by atoms with Crippen LogP contribution in [0.25, 0.3) is 0 Å². The first-order chi connectivity index (χ1) is 10.8. The van der Waals surface area contributed by atoms with E-state index < -0.39 is 21.7 Å². The highest BCUT2D eigenvalue weighted by molar-refractivity contribution is 9.10. The molecule has 0 radical (unpaired) electrons. The molecule has 0 spiro atoms. The highest BCUT2D eigenvalue weighted by Gasteiger charge is 2.24. The molecule has 0 fully saturated rings. The van der Waals surface area contributed by atoms with Gasteiger partial charge in [0.1, 0.15) is 17.7 Å². The molecule has 0 aromatic heterocycles. The molecule has 1 aliphatic heterocycles. The molecule has 23 heavy (non-hydrogen) atoms. The normalized spacial score (nSPS) is 16.8. The standard InChI is InChI=1S/C15H12BrF2NO3S/c1-8-4-9-5-11(2-3-14(9)22-8)23(20,21)19-15-12(16)6-10(17)7-13(15)18/h2-3,5-8,19H,4H2,1H3/t8-/m1/s1. The van der Waals surface area contributed by atoms with Gasteiger partial charge in [-0.15, -0.1) is 0 Å². The Morgan fingerprint density at radius 2 is 2.00 bits per heavy atom. The summed E-state index contributed by atoms with van der Waals surface area (Å²) >= 11 is 2.95. The van der Waals surface area contributed by atoms with Gasteiger partial charge in [-0.25, -0.2) is 17.2 Å². The maximum Gasteiger partial charge on any atom is 0.262 e. The van der Waals surface area contributed by atoms with E-state index in [1.165, 1.54) is 12.1 Å². The average Bonchev–Trinajstić information content (AvgIpc) is 2.82. The van der Waals surface area contributed by atoms with Crippen molar-refractivity contribution in [2.24, 2.45) is 0 Å². The molecule has 1 N–H and O–H groups in total. The number of nitrogens with one attached hydrogen (secondary N) is 1. The second-order valence-electron chi connectivity index (χ2n) is 5.25. The number of anilines is 1. The molecule has 2 aromatic carbocycles. The Balaban J connectivity index is 1.96. The third-order valence-electron chi connectivity index (χ3n) is 3.42. The Morgan fingerprint density at radius 1 is 1.26 bits per heavy atom. The molecule has 0 unspecified atom stereocenters. The third kappa shape index (κ3) is 3.18. The first-order valence-electron chi connectivity index (χ1n) is 6.73. The molecule has 0 saturated heterocycles. The van der Waals surface area contributed by atoms with E-state index in [1.54, 1.807) is 6.07 Å². The lowest BCUT2D eigenvalue weighted by Crippen LogP contribution is -2.14. The van der Waals surface area contributed by atoms with Crippen LogP contribution in [0.1, 0.15) is 12.5 Å². The van der Waals surface area contributed by atoms with Gasteiger partial charge in [-0.3, -0.25) is 4.72 Å². The third-order valence-corrected chi connectivity index (χ3v) is 5.39. The quantitative estimate of drug-likeness (QED) is 0.846. The van der Waals surface area contributed by atoms with E-state index in [9.17, 15) is 17.2 Å². The summed E-state index contributed by atoms with van der Waals surface area (Å²) in [7, 11) is -4.01. The molecular weight excluding hydrogens is 392 g/mol. The molecule has 0 amide bonds. The van der Waals surface area contributed by atoms with Crippen LogP contribution in [0.5, 0.6) is 5.75 Å². The topological polar surface area (TPSA) is 55.4 Å². The average molecular weight is 404 g/mol. The van der Waals surface area contributed by atoms with Gasteiger partial charge in [-0.2, -0.15) is 0 Å². The number of rotatable bonds is 3. The molecule has 8 heteroatoms. The van der Waals surface area contributed by atoms with Crippen LogP contribution in [0.15, 0.2) is 39.7 Å². The van der Waals surface area contributed by atoms with E-state index in [1.807, 2.05) is 6.92 Å². The summed E-state index contributed by atoms with van der Waals surface area (Å²) in [5, 5.41) is 0. The van der Waals surface area contributed by atoms with Gasteiger partial charge < -0.3 is 4.74 Å². The zero-order valence-electron chi connectivity index (χ0n) is 11.9. The van der Waals surface area contributed by atoms with Crippen LogP contribution < -0.4 is 9.46 Å². The molecule has 0 aliphatic carbocycles. The fourth-order valence-electron chi connectivity index (χ4n) is 2.40. The van der Waals surface area contributed by atoms with Crippen molar-refractivity contribution in [3.63, 3.8) is 0 Å². The first kappa shape index (κ1) is 16.2. The summed E-state index contributed by atoms with van der Waals surface area (Å²) in [6.07, 6.45) is 0.590. The fraction of sp³-hybridized carbons (Fsp3) is 0.200. The minimum Gasteiger partial charge on any atom is -0.490 e. The monoisotopic (exact) mass is 403 g/mol. The highest BCUT2D eigenvalue weighted by Crippen LogP contribution is 2.33. The molecule has 1 atom stereocenters. The number of benzene rings is 2. The van der Waals surface area contributed by atoms with E-state index in [4.69, 9.17) is 4.74 Å². The largest absolute Gasteiger partial charge is 0.490 e. The number of ether oxygens (including phenoxy) is 1. The van der Waals surface area contributed by atoms with E-state index in [0.29, 0.717) is 18.2 Å². The summed E-state index contributed by atoms with van der Waals surface area (Å²) in [6, 6.07) is 6.05. The number of sulfonamides is 1. The Morgan fingerprint density at radius 3 is 2.70 bits per heavy atom. The van der Waals surface area contributed by atoms with Crippen LogP contribution in [-0.2, 0) is 16.4 Å². The smallest absolute Gasteiger partial charge is 0.262 e. The number of fused-ring (bicyclic) bond motifs is 1. The minimum atomic E-state index is -4.01. The minimum absolute atomic E-state index is 0.00965. The van der Waals surface area contributed by atoms with Gasteiger partial charge >= 0.3 is 0 Å². The summed E-state index contributed by atoms with van der Waals surface area (Å²) in [5.74, 6) is -1.16. The van der Waals surface area contributed by atoms with Crippen molar-refractivity contribution < 1.29 is 21.9 Å². The number of hydrogen-bond acceptors (Lipinski definition) is 3. The van der Waals surface area contributed by atoms with Crippen LogP contribution in [0.4, 0.5) is 14.5 Å². The predicted octanol–water partition coefficient (Wildman–Crippen LogP) is 3.85. The fourth-order valence-corrected chi connectivity index (χ4v) is 4.18. The maximum atomic E-state index is 13.8. The molecular formula is C15H12BrF2NO3S. The molecule has 1 heterocycles. The summed E-state index contributed by atoms with van der Waals surface area (Å²) in [5.41, 5.74) is 0.440. The predicted molar refractivity (Wildman–Crippen MR) is 85.1 cm³/mol. The molecule has 2 aromatic rings. The van der Waals surface area contributed by atoms with Crippen LogP contribution in [-0.4, -0.2) is 14.5 Å². The van der Waals surface area contributed by atoms with E-state index >= 15 is 0 Å². The molecule has 0 saturated carbocycles. The van der Waals surface area contributed by atoms with E-state index in [0.717, 1.165) is 11.6 Å². The Hall–Kier alpha value is -1.67. The van der Waals surface area contributed by atoms with Crippen molar-refractivity contribution in [1.82, 2.24) is 0 Å². The van der Waals surface area contributed by atoms with Crippen LogP contribution in [0.2, 0.25) is 0 Å². The van der Waals surface area contributed by atoms with Crippen molar-refractivity contribution in [2.45, 2.75) is 24.3 Å². The van der Waals surface area contributed by atoms with Crippen molar-refractivity contribution >= 4 is 31.6 Å². The summed E-state index contributed by atoms with van der Waals surface area (Å²) in [4.78, 5) is -0.00965. The van der Waals surface area contributed by atoms with Crippen LogP contribution >= 0.6 is 15.9 Å². The highest BCUT2D eigenvalue weighted by atomic mass is 79.9. The molecule has 0 bridgehead atoms. The van der Waals surface area contributed by atoms with Crippen LogP contribution in [0, 0.1) is 11.6 Å². The molecule has 4 nitrogen and oxygen atoms in total. The van der Waals surface area contributed by atoms with Gasteiger partial charge in [0, 0.05) is 17.0 Å². The number of hydrogen-bond donors (Lipinski definition) is 1. The molecule has 3 rings (SSSR count). The van der Waals surface area contributed by atoms with Gasteiger partial charge in [0.05, 0.1) is 10.6 Å². The second-order valence-corrected chi connectivity index (χ2v) is 7.79. The van der Waals surface area contributed by atoms with Crippen LogP contribution in [0.3, 0.4) is 0 Å². The maximum absolute atomic E-state index is 13.8. The Labute approximate surface area is 140 Å². The lowest BCUT2D eigenvalue weighted by atomic mass is 10.1. The Bertz CT molecular complexity index is 863. The van der Waals surface area contributed by atoms with Crippen molar-refractivity contribution in [1.29, 1.82) is 0 Å². The second kappa shape index (κ2) is 5.76. The van der Waals surface area contributed by atoms with Gasteiger partial charge in [0.2, 0.25) is 0 Å². The van der Waals surface area contributed by atoms with Gasteiger partial charge in [0.25, 0.3) is 10.0 Å². The summed E-state index contributed by atoms with van der Waals surface area (Å²) < 4.78 is 59.4. The Kier molecular flexibility index (Phi) is 4.05. The van der Waals surface area contributed by atoms with Crippen molar-refractivity contribution in [2.75, 3.05) is 4.72 Å². The lowest BCUT2D eigenvalue weighted by Gasteiger charge is -2.11. The van der Waals surface area contributed by atoms with Crippen molar-refractivity contribution in [3.8, 4) is 5.75 Å². The van der Waals surface area contributed by atoms with Gasteiger partial charge in [-0.05, 0) is 52.7 Å². The molecule has 1 aliphatic rings. The van der Waals surface area contributed by atoms with E-state index in [-0.39, 0.29) is 21.2 Å². The SMILES string of the molecule is C[C@@H]1Cc2cc(S(=O)(=O)Nc3c(F)cc(F)cc3Br)ccc2O1. The zero-order valence-corrected chi connectivity index (χ0v) is 14.3. The summed E-state index contributed by atoms with van der Waals surface area (Å²) in [6.45, 7) is 1.89. The van der Waals surface area contributed by atoms with Crippen molar-refractivity contribution in [3.05, 3.63) is 52.0 Å². The lowest BCUT2D eigenvalue weighted by molar-refractivity contribution is 0.254.